The zero-order chi connectivity index (χ0) is 28.6. The van der Waals surface area contributed by atoms with Gasteiger partial charge in [0.25, 0.3) is 0 Å². The van der Waals surface area contributed by atoms with Gasteiger partial charge >= 0.3 is 0 Å². The third kappa shape index (κ3) is 4.65. The smallest absolute Gasteiger partial charge is 0.164 e. The molecule has 0 aliphatic rings. The molecule has 8 rings (SSSR count). The average Bonchev–Trinajstić information content (AvgIpc) is 3.48. The molecule has 8 aromatic rings. The average molecular weight is 552 g/mol. The fraction of sp³-hybridized carbons (Fsp3) is 0. The van der Waals surface area contributed by atoms with E-state index in [-0.39, 0.29) is 0 Å². The SMILES string of the molecule is c1ccc(-c2ccc(-c3cccc4oc5ccc(-c6nc(-c7ccccc7)nc(-c7ccccc7)n6)cc5c34)cc2)cc1. The molecule has 4 nitrogen and oxygen atoms in total. The molecule has 2 aromatic heterocycles. The maximum atomic E-state index is 6.33. The zero-order valence-corrected chi connectivity index (χ0v) is 23.2. The van der Waals surface area contributed by atoms with Crippen molar-refractivity contribution in [1.29, 1.82) is 0 Å². The van der Waals surface area contributed by atoms with E-state index in [9.17, 15) is 0 Å². The fourth-order valence-corrected chi connectivity index (χ4v) is 5.62. The minimum Gasteiger partial charge on any atom is -0.456 e. The predicted molar refractivity (Wildman–Crippen MR) is 174 cm³/mol. The van der Waals surface area contributed by atoms with E-state index in [2.05, 4.69) is 66.7 Å². The first-order valence-electron chi connectivity index (χ1n) is 14.3. The standard InChI is InChI=1S/C39H25N3O/c1-4-11-26(12-5-1)27-19-21-28(22-20-27)32-17-10-18-35-36(32)33-25-31(23-24-34(33)43-35)39-41-37(29-13-6-2-7-14-29)40-38(42-39)30-15-8-3-9-16-30/h1-25H. The molecule has 0 fully saturated rings. The number of aromatic nitrogens is 3. The summed E-state index contributed by atoms with van der Waals surface area (Å²) in [5.41, 5.74) is 9.12. The summed E-state index contributed by atoms with van der Waals surface area (Å²) in [6.45, 7) is 0. The number of hydrogen-bond donors (Lipinski definition) is 0. The number of fused-ring (bicyclic) bond motifs is 3. The van der Waals surface area contributed by atoms with Crippen molar-refractivity contribution in [1.82, 2.24) is 15.0 Å². The van der Waals surface area contributed by atoms with Gasteiger partial charge in [0, 0.05) is 27.5 Å². The van der Waals surface area contributed by atoms with Gasteiger partial charge in [-0.1, -0.05) is 127 Å². The Balaban J connectivity index is 1.28. The summed E-state index contributed by atoms with van der Waals surface area (Å²) < 4.78 is 6.33. The quantitative estimate of drug-likeness (QED) is 0.214. The van der Waals surface area contributed by atoms with Gasteiger partial charge in [-0.15, -0.1) is 0 Å². The molecule has 0 atom stereocenters. The summed E-state index contributed by atoms with van der Waals surface area (Å²) in [4.78, 5) is 14.7. The molecule has 0 spiro atoms. The molecule has 0 saturated heterocycles. The first-order chi connectivity index (χ1) is 21.3. The first kappa shape index (κ1) is 24.9. The van der Waals surface area contributed by atoms with Crippen molar-refractivity contribution in [2.45, 2.75) is 0 Å². The molecular formula is C39H25N3O. The molecule has 0 radical (unpaired) electrons. The number of hydrogen-bond acceptors (Lipinski definition) is 4. The van der Waals surface area contributed by atoms with E-state index in [4.69, 9.17) is 19.4 Å². The van der Waals surface area contributed by atoms with Gasteiger partial charge in [-0.3, -0.25) is 0 Å². The van der Waals surface area contributed by atoms with Gasteiger partial charge in [0.2, 0.25) is 0 Å². The van der Waals surface area contributed by atoms with Gasteiger partial charge in [0.15, 0.2) is 17.5 Å². The lowest BCUT2D eigenvalue weighted by molar-refractivity contribution is 0.669. The Bertz CT molecular complexity index is 2150. The van der Waals surface area contributed by atoms with E-state index >= 15 is 0 Å². The molecule has 202 valence electrons. The van der Waals surface area contributed by atoms with Crippen LogP contribution < -0.4 is 0 Å². The Morgan fingerprint density at radius 1 is 0.349 bits per heavy atom. The second-order valence-electron chi connectivity index (χ2n) is 10.5. The summed E-state index contributed by atoms with van der Waals surface area (Å²) >= 11 is 0. The topological polar surface area (TPSA) is 51.8 Å². The highest BCUT2D eigenvalue weighted by Crippen LogP contribution is 2.39. The third-order valence-corrected chi connectivity index (χ3v) is 7.76. The second-order valence-corrected chi connectivity index (χ2v) is 10.5. The zero-order valence-electron chi connectivity index (χ0n) is 23.2. The van der Waals surface area contributed by atoms with Crippen LogP contribution in [-0.2, 0) is 0 Å². The Labute approximate surface area is 249 Å². The fourth-order valence-electron chi connectivity index (χ4n) is 5.62. The van der Waals surface area contributed by atoms with Crippen molar-refractivity contribution in [3.05, 3.63) is 152 Å². The lowest BCUT2D eigenvalue weighted by atomic mass is 9.96. The largest absolute Gasteiger partial charge is 0.456 e. The Morgan fingerprint density at radius 2 is 0.837 bits per heavy atom. The Morgan fingerprint density at radius 3 is 1.44 bits per heavy atom. The van der Waals surface area contributed by atoms with E-state index in [1.807, 2.05) is 84.9 Å². The molecule has 4 heteroatoms. The first-order valence-corrected chi connectivity index (χ1v) is 14.3. The molecule has 0 N–H and O–H groups in total. The predicted octanol–water partition coefficient (Wildman–Crippen LogP) is 10.1. The summed E-state index contributed by atoms with van der Waals surface area (Å²) in [5.74, 6) is 1.90. The summed E-state index contributed by atoms with van der Waals surface area (Å²) in [6, 6.07) is 51.7. The molecule has 0 amide bonds. The van der Waals surface area contributed by atoms with Gasteiger partial charge in [0.1, 0.15) is 11.2 Å². The van der Waals surface area contributed by atoms with E-state index in [1.54, 1.807) is 0 Å². The van der Waals surface area contributed by atoms with Gasteiger partial charge in [-0.05, 0) is 46.5 Å². The third-order valence-electron chi connectivity index (χ3n) is 7.76. The number of nitrogens with zero attached hydrogens (tertiary/aromatic N) is 3. The van der Waals surface area contributed by atoms with Crippen molar-refractivity contribution < 1.29 is 4.42 Å². The molecule has 0 saturated carbocycles. The molecule has 0 aliphatic heterocycles. The van der Waals surface area contributed by atoms with E-state index < -0.39 is 0 Å². The van der Waals surface area contributed by atoms with Crippen LogP contribution in [0.2, 0.25) is 0 Å². The van der Waals surface area contributed by atoms with Crippen molar-refractivity contribution in [2.75, 3.05) is 0 Å². The number of benzene rings is 6. The highest BCUT2D eigenvalue weighted by atomic mass is 16.3. The second kappa shape index (κ2) is 10.5. The lowest BCUT2D eigenvalue weighted by Gasteiger charge is -2.09. The van der Waals surface area contributed by atoms with Crippen molar-refractivity contribution in [3.63, 3.8) is 0 Å². The monoisotopic (exact) mass is 551 g/mol. The van der Waals surface area contributed by atoms with Crippen LogP contribution in [0.1, 0.15) is 0 Å². The minimum atomic E-state index is 0.619. The van der Waals surface area contributed by atoms with Crippen LogP contribution in [0.5, 0.6) is 0 Å². The molecule has 6 aromatic carbocycles. The van der Waals surface area contributed by atoms with E-state index in [1.165, 1.54) is 11.1 Å². The highest BCUT2D eigenvalue weighted by Gasteiger charge is 2.16. The van der Waals surface area contributed by atoms with Crippen LogP contribution in [0.4, 0.5) is 0 Å². The van der Waals surface area contributed by atoms with Crippen LogP contribution in [0.15, 0.2) is 156 Å². The van der Waals surface area contributed by atoms with Crippen LogP contribution in [0.3, 0.4) is 0 Å². The molecule has 2 heterocycles. The number of furan rings is 1. The molecular weight excluding hydrogens is 526 g/mol. The van der Waals surface area contributed by atoms with Crippen LogP contribution in [-0.4, -0.2) is 15.0 Å². The van der Waals surface area contributed by atoms with Gasteiger partial charge in [-0.2, -0.15) is 0 Å². The number of rotatable bonds is 5. The highest BCUT2D eigenvalue weighted by molar-refractivity contribution is 6.13. The van der Waals surface area contributed by atoms with Gasteiger partial charge in [0.05, 0.1) is 0 Å². The lowest BCUT2D eigenvalue weighted by Crippen LogP contribution is -2.00. The summed E-state index contributed by atoms with van der Waals surface area (Å²) in [7, 11) is 0. The molecule has 43 heavy (non-hydrogen) atoms. The van der Waals surface area contributed by atoms with Crippen molar-refractivity contribution in [3.8, 4) is 56.4 Å². The maximum Gasteiger partial charge on any atom is 0.164 e. The van der Waals surface area contributed by atoms with Crippen LogP contribution >= 0.6 is 0 Å². The van der Waals surface area contributed by atoms with E-state index in [0.717, 1.165) is 49.8 Å². The molecule has 0 unspecified atom stereocenters. The van der Waals surface area contributed by atoms with Crippen LogP contribution in [0, 0.1) is 0 Å². The van der Waals surface area contributed by atoms with Gasteiger partial charge < -0.3 is 4.42 Å². The Kier molecular flexibility index (Phi) is 6.08. The molecule has 0 aliphatic carbocycles. The summed E-state index contributed by atoms with van der Waals surface area (Å²) in [6.07, 6.45) is 0. The van der Waals surface area contributed by atoms with Crippen molar-refractivity contribution >= 4 is 21.9 Å². The van der Waals surface area contributed by atoms with Gasteiger partial charge in [-0.25, -0.2) is 15.0 Å². The Hall–Kier alpha value is -5.87. The van der Waals surface area contributed by atoms with Crippen LogP contribution in [0.25, 0.3) is 78.4 Å². The normalized spacial score (nSPS) is 11.3. The van der Waals surface area contributed by atoms with Crippen molar-refractivity contribution in [2.24, 2.45) is 0 Å². The minimum absolute atomic E-state index is 0.619. The summed E-state index contributed by atoms with van der Waals surface area (Å²) in [5, 5.41) is 2.10. The molecule has 0 bridgehead atoms. The maximum absolute atomic E-state index is 6.33. The van der Waals surface area contributed by atoms with E-state index in [0.29, 0.717) is 17.5 Å².